The van der Waals surface area contributed by atoms with Crippen LogP contribution >= 0.6 is 11.6 Å². The van der Waals surface area contributed by atoms with Crippen molar-refractivity contribution < 1.29 is 8.42 Å². The molecule has 0 bridgehead atoms. The molecule has 0 atom stereocenters. The van der Waals surface area contributed by atoms with Crippen molar-refractivity contribution in [1.82, 2.24) is 18.8 Å². The Hall–Kier alpha value is -1.94. The monoisotopic (exact) mass is 426 g/mol. The van der Waals surface area contributed by atoms with Crippen molar-refractivity contribution in [3.63, 3.8) is 0 Å². The molecule has 0 amide bonds. The van der Waals surface area contributed by atoms with Gasteiger partial charge in [0.15, 0.2) is 4.90 Å². The maximum absolute atomic E-state index is 12.7. The summed E-state index contributed by atoms with van der Waals surface area (Å²) in [6, 6.07) is 7.41. The van der Waals surface area contributed by atoms with E-state index in [1.807, 2.05) is 24.3 Å². The number of rotatable bonds is 5. The third-order valence-electron chi connectivity index (χ3n) is 4.93. The minimum atomic E-state index is -4.01. The maximum Gasteiger partial charge on any atom is 0.330 e. The molecule has 0 aliphatic carbocycles. The number of aryl methyl sites for hydroxylation is 1. The Labute approximate surface area is 168 Å². The van der Waals surface area contributed by atoms with Crippen molar-refractivity contribution in [2.24, 2.45) is 14.1 Å². The molecule has 3 rings (SSSR count). The van der Waals surface area contributed by atoms with Gasteiger partial charge in [0.2, 0.25) is 10.0 Å². The Morgan fingerprint density at radius 1 is 1.11 bits per heavy atom. The average Bonchev–Trinajstić information content (AvgIpc) is 2.66. The van der Waals surface area contributed by atoms with Gasteiger partial charge in [-0.1, -0.05) is 23.7 Å². The molecule has 0 unspecified atom stereocenters. The quantitative estimate of drug-likeness (QED) is 0.758. The van der Waals surface area contributed by atoms with E-state index in [-0.39, 0.29) is 6.04 Å². The molecule has 0 saturated carbocycles. The zero-order chi connectivity index (χ0) is 20.5. The minimum absolute atomic E-state index is 0.256. The predicted molar refractivity (Wildman–Crippen MR) is 107 cm³/mol. The number of sulfonamides is 1. The molecule has 1 saturated heterocycles. The first-order valence-corrected chi connectivity index (χ1v) is 10.8. The molecule has 2 aromatic rings. The average molecular weight is 427 g/mol. The van der Waals surface area contributed by atoms with Crippen LogP contribution in [0.5, 0.6) is 0 Å². The predicted octanol–water partition coefficient (Wildman–Crippen LogP) is 0.680. The molecule has 1 aromatic heterocycles. The van der Waals surface area contributed by atoms with Crippen LogP contribution in [0.3, 0.4) is 0 Å². The van der Waals surface area contributed by atoms with Gasteiger partial charge < -0.3 is 4.57 Å². The largest absolute Gasteiger partial charge is 0.330 e. The molecular formula is C18H23ClN4O4S. The van der Waals surface area contributed by atoms with Crippen LogP contribution < -0.4 is 16.0 Å². The molecule has 2 heterocycles. The van der Waals surface area contributed by atoms with Gasteiger partial charge in [-0.05, 0) is 30.5 Å². The van der Waals surface area contributed by atoms with Crippen molar-refractivity contribution in [2.75, 3.05) is 13.1 Å². The Morgan fingerprint density at radius 2 is 1.71 bits per heavy atom. The molecule has 0 radical (unpaired) electrons. The lowest BCUT2D eigenvalue weighted by Crippen LogP contribution is -2.47. The number of hydrogen-bond acceptors (Lipinski definition) is 5. The van der Waals surface area contributed by atoms with E-state index in [9.17, 15) is 18.0 Å². The van der Waals surface area contributed by atoms with Crippen LogP contribution in [0.4, 0.5) is 0 Å². The first kappa shape index (κ1) is 20.8. The molecule has 1 aliphatic heterocycles. The second kappa shape index (κ2) is 8.20. The Kier molecular flexibility index (Phi) is 6.09. The summed E-state index contributed by atoms with van der Waals surface area (Å²) in [5, 5.41) is 0.696. The van der Waals surface area contributed by atoms with Crippen LogP contribution in [0.15, 0.2) is 44.9 Å². The van der Waals surface area contributed by atoms with Crippen molar-refractivity contribution in [3.8, 4) is 0 Å². The number of halogens is 1. The van der Waals surface area contributed by atoms with Gasteiger partial charge in [-0.2, -0.15) is 0 Å². The second-order valence-corrected chi connectivity index (χ2v) is 9.17. The van der Waals surface area contributed by atoms with E-state index in [2.05, 4.69) is 9.62 Å². The fourth-order valence-electron chi connectivity index (χ4n) is 3.30. The third kappa shape index (κ3) is 4.54. The van der Waals surface area contributed by atoms with Crippen LogP contribution in [-0.2, 0) is 30.7 Å². The first-order chi connectivity index (χ1) is 13.2. The minimum Gasteiger partial charge on any atom is -0.302 e. The highest BCUT2D eigenvalue weighted by molar-refractivity contribution is 7.89. The lowest BCUT2D eigenvalue weighted by molar-refractivity contribution is 0.200. The Balaban J connectivity index is 1.65. The van der Waals surface area contributed by atoms with Gasteiger partial charge in [-0.3, -0.25) is 14.3 Å². The summed E-state index contributed by atoms with van der Waals surface area (Å²) in [7, 11) is -1.33. The van der Waals surface area contributed by atoms with Crippen LogP contribution in [0.1, 0.15) is 18.4 Å². The van der Waals surface area contributed by atoms with Gasteiger partial charge in [0.25, 0.3) is 5.56 Å². The molecule has 1 aliphatic rings. The molecule has 8 nitrogen and oxygen atoms in total. The molecule has 152 valence electrons. The summed E-state index contributed by atoms with van der Waals surface area (Å²) in [6.45, 7) is 2.25. The van der Waals surface area contributed by atoms with E-state index in [1.165, 1.54) is 14.1 Å². The molecule has 1 fully saturated rings. The SMILES string of the molecule is Cn1cc(S(=O)(=O)NC2CCN(Cc3ccc(Cl)cc3)CC2)c(=O)n(C)c1=O. The zero-order valence-corrected chi connectivity index (χ0v) is 17.3. The van der Waals surface area contributed by atoms with Crippen molar-refractivity contribution >= 4 is 21.6 Å². The summed E-state index contributed by atoms with van der Waals surface area (Å²) in [4.78, 5) is 25.8. The molecule has 28 heavy (non-hydrogen) atoms. The zero-order valence-electron chi connectivity index (χ0n) is 15.8. The normalized spacial score (nSPS) is 16.4. The lowest BCUT2D eigenvalue weighted by Gasteiger charge is -2.32. The van der Waals surface area contributed by atoms with Crippen LogP contribution in [0, 0.1) is 0 Å². The summed E-state index contributed by atoms with van der Waals surface area (Å²) < 4.78 is 29.9. The van der Waals surface area contributed by atoms with Crippen molar-refractivity contribution in [1.29, 1.82) is 0 Å². The van der Waals surface area contributed by atoms with E-state index in [0.717, 1.165) is 40.5 Å². The van der Waals surface area contributed by atoms with Gasteiger partial charge in [0.05, 0.1) is 0 Å². The summed E-state index contributed by atoms with van der Waals surface area (Å²) in [5.74, 6) is 0. The van der Waals surface area contributed by atoms with Crippen LogP contribution in [-0.4, -0.2) is 41.6 Å². The Morgan fingerprint density at radius 3 is 2.32 bits per heavy atom. The van der Waals surface area contributed by atoms with E-state index in [1.54, 1.807) is 0 Å². The van der Waals surface area contributed by atoms with Gasteiger partial charge >= 0.3 is 5.69 Å². The number of piperidine rings is 1. The van der Waals surface area contributed by atoms with Gasteiger partial charge in [-0.15, -0.1) is 0 Å². The van der Waals surface area contributed by atoms with E-state index < -0.39 is 26.2 Å². The summed E-state index contributed by atoms with van der Waals surface area (Å²) >= 11 is 5.90. The number of hydrogen-bond donors (Lipinski definition) is 1. The lowest BCUT2D eigenvalue weighted by atomic mass is 10.1. The van der Waals surface area contributed by atoms with Crippen molar-refractivity contribution in [3.05, 3.63) is 61.9 Å². The molecule has 0 spiro atoms. The standard InChI is InChI=1S/C18H23ClN4O4S/c1-21-12-16(17(24)22(2)18(21)25)28(26,27)20-15-7-9-23(10-8-15)11-13-3-5-14(19)6-4-13/h3-6,12,15,20H,7-11H2,1-2H3. The highest BCUT2D eigenvalue weighted by atomic mass is 35.5. The van der Waals surface area contributed by atoms with Gasteiger partial charge in [0.1, 0.15) is 0 Å². The van der Waals surface area contributed by atoms with Gasteiger partial charge in [-0.25, -0.2) is 17.9 Å². The van der Waals surface area contributed by atoms with E-state index in [0.29, 0.717) is 17.9 Å². The second-order valence-electron chi connectivity index (χ2n) is 7.05. The fraction of sp³-hybridized carbons (Fsp3) is 0.444. The van der Waals surface area contributed by atoms with Crippen LogP contribution in [0.25, 0.3) is 0 Å². The fourth-order valence-corrected chi connectivity index (χ4v) is 4.89. The molecule has 1 aromatic carbocycles. The summed E-state index contributed by atoms with van der Waals surface area (Å²) in [5.41, 5.74) is -0.243. The first-order valence-electron chi connectivity index (χ1n) is 8.93. The highest BCUT2D eigenvalue weighted by Crippen LogP contribution is 2.17. The molecule has 1 N–H and O–H groups in total. The molecular weight excluding hydrogens is 404 g/mol. The molecule has 10 heteroatoms. The number of benzene rings is 1. The topological polar surface area (TPSA) is 93.4 Å². The summed E-state index contributed by atoms with van der Waals surface area (Å²) in [6.07, 6.45) is 2.35. The van der Waals surface area contributed by atoms with Gasteiger partial charge in [0, 0.05) is 51.0 Å². The van der Waals surface area contributed by atoms with Crippen LogP contribution in [0.2, 0.25) is 5.02 Å². The van der Waals surface area contributed by atoms with E-state index in [4.69, 9.17) is 11.6 Å². The number of nitrogens with one attached hydrogen (secondary N) is 1. The number of likely N-dealkylation sites (tertiary alicyclic amines) is 1. The number of nitrogens with zero attached hydrogens (tertiary/aromatic N) is 3. The maximum atomic E-state index is 12.7. The Bertz CT molecular complexity index is 1070. The number of aromatic nitrogens is 2. The highest BCUT2D eigenvalue weighted by Gasteiger charge is 2.27. The third-order valence-corrected chi connectivity index (χ3v) is 6.69. The van der Waals surface area contributed by atoms with E-state index >= 15 is 0 Å². The van der Waals surface area contributed by atoms with Crippen molar-refractivity contribution in [2.45, 2.75) is 30.3 Å². The smallest absolute Gasteiger partial charge is 0.302 e.